The van der Waals surface area contributed by atoms with Crippen molar-refractivity contribution < 1.29 is 9.90 Å². The van der Waals surface area contributed by atoms with Gasteiger partial charge in [-0.1, -0.05) is 50.6 Å². The van der Waals surface area contributed by atoms with E-state index in [0.717, 1.165) is 17.5 Å². The number of benzene rings is 1. The first kappa shape index (κ1) is 19.8. The SMILES string of the molecule is CC(C)(C)C[C@@H]1N[C@@H](C(=O)O)[C@H](c2cccc(Cl)c2)[C@@]1(N)c1cccnc1. The summed E-state index contributed by atoms with van der Waals surface area (Å²) in [5.41, 5.74) is 7.74. The molecule has 0 aliphatic carbocycles. The van der Waals surface area contributed by atoms with Crippen LogP contribution in [0.4, 0.5) is 0 Å². The van der Waals surface area contributed by atoms with Crippen LogP contribution in [0.5, 0.6) is 0 Å². The van der Waals surface area contributed by atoms with Gasteiger partial charge in [-0.05, 0) is 41.2 Å². The average Bonchev–Trinajstić information content (AvgIpc) is 2.88. The van der Waals surface area contributed by atoms with Crippen molar-refractivity contribution in [2.45, 2.75) is 50.7 Å². The van der Waals surface area contributed by atoms with Gasteiger partial charge in [0.15, 0.2) is 0 Å². The minimum Gasteiger partial charge on any atom is -0.480 e. The zero-order valence-corrected chi connectivity index (χ0v) is 16.6. The second-order valence-electron chi connectivity index (χ2n) is 8.51. The fraction of sp³-hybridized carbons (Fsp3) is 0.429. The molecule has 1 saturated heterocycles. The summed E-state index contributed by atoms with van der Waals surface area (Å²) in [6.45, 7) is 6.38. The molecule has 2 heterocycles. The van der Waals surface area contributed by atoms with Crippen LogP contribution in [-0.2, 0) is 10.3 Å². The molecular formula is C21H26ClN3O2. The van der Waals surface area contributed by atoms with Crippen LogP contribution < -0.4 is 11.1 Å². The van der Waals surface area contributed by atoms with Crippen molar-refractivity contribution in [3.05, 3.63) is 64.9 Å². The quantitative estimate of drug-likeness (QED) is 0.746. The molecule has 0 spiro atoms. The highest BCUT2D eigenvalue weighted by Gasteiger charge is 2.57. The van der Waals surface area contributed by atoms with Gasteiger partial charge in [0.25, 0.3) is 0 Å². The fourth-order valence-corrected chi connectivity index (χ4v) is 4.36. The van der Waals surface area contributed by atoms with Crippen LogP contribution in [0, 0.1) is 5.41 Å². The van der Waals surface area contributed by atoms with E-state index in [4.69, 9.17) is 17.3 Å². The zero-order chi connectivity index (χ0) is 19.8. The Hall–Kier alpha value is -1.95. The largest absolute Gasteiger partial charge is 0.480 e. The van der Waals surface area contributed by atoms with Crippen LogP contribution in [0.2, 0.25) is 5.02 Å². The summed E-state index contributed by atoms with van der Waals surface area (Å²) >= 11 is 6.21. The molecule has 1 aliphatic heterocycles. The predicted octanol–water partition coefficient (Wildman–Crippen LogP) is 3.53. The van der Waals surface area contributed by atoms with Crippen LogP contribution in [0.1, 0.15) is 44.2 Å². The Morgan fingerprint density at radius 1 is 1.33 bits per heavy atom. The third-order valence-electron chi connectivity index (χ3n) is 5.26. The smallest absolute Gasteiger partial charge is 0.321 e. The van der Waals surface area contributed by atoms with Gasteiger partial charge in [0.2, 0.25) is 0 Å². The molecule has 1 aromatic heterocycles. The molecule has 1 aromatic carbocycles. The number of aliphatic carboxylic acids is 1. The van der Waals surface area contributed by atoms with Crippen LogP contribution in [0.25, 0.3) is 0 Å². The van der Waals surface area contributed by atoms with Gasteiger partial charge < -0.3 is 10.8 Å². The van der Waals surface area contributed by atoms with Crippen LogP contribution in [0.3, 0.4) is 0 Å². The molecule has 5 nitrogen and oxygen atoms in total. The summed E-state index contributed by atoms with van der Waals surface area (Å²) in [5.74, 6) is -1.40. The molecule has 0 radical (unpaired) electrons. The topological polar surface area (TPSA) is 88.2 Å². The number of aromatic nitrogens is 1. The number of nitrogens with one attached hydrogen (secondary N) is 1. The van der Waals surface area contributed by atoms with Crippen molar-refractivity contribution in [3.63, 3.8) is 0 Å². The first-order valence-corrected chi connectivity index (χ1v) is 9.44. The van der Waals surface area contributed by atoms with Gasteiger partial charge in [-0.3, -0.25) is 15.1 Å². The fourth-order valence-electron chi connectivity index (χ4n) is 4.17. The second kappa shape index (κ2) is 7.23. The van der Waals surface area contributed by atoms with Gasteiger partial charge in [0.1, 0.15) is 6.04 Å². The molecule has 144 valence electrons. The minimum absolute atomic E-state index is 0.0310. The summed E-state index contributed by atoms with van der Waals surface area (Å²) in [5, 5.41) is 13.8. The summed E-state index contributed by atoms with van der Waals surface area (Å²) < 4.78 is 0. The van der Waals surface area contributed by atoms with E-state index in [-0.39, 0.29) is 11.5 Å². The molecule has 3 rings (SSSR count). The van der Waals surface area contributed by atoms with Crippen molar-refractivity contribution in [3.8, 4) is 0 Å². The van der Waals surface area contributed by atoms with E-state index in [2.05, 4.69) is 31.1 Å². The Bertz CT molecular complexity index is 822. The standard InChI is InChI=1S/C21H26ClN3O2/c1-20(2,3)11-16-21(23,14-7-5-9-24-12-14)17(18(25-16)19(26)27)13-6-4-8-15(22)10-13/h4-10,12,16-18,25H,11,23H2,1-3H3,(H,26,27)/t16-,17-,18+,21+/m0/s1. The molecule has 0 unspecified atom stereocenters. The average molecular weight is 388 g/mol. The summed E-state index contributed by atoms with van der Waals surface area (Å²) in [7, 11) is 0. The highest BCUT2D eigenvalue weighted by Crippen LogP contribution is 2.48. The molecule has 0 amide bonds. The molecule has 4 N–H and O–H groups in total. The van der Waals surface area contributed by atoms with Crippen LogP contribution >= 0.6 is 11.6 Å². The van der Waals surface area contributed by atoms with E-state index in [1.807, 2.05) is 24.3 Å². The summed E-state index contributed by atoms with van der Waals surface area (Å²) in [6, 6.07) is 10.0. The number of halogens is 1. The molecule has 0 bridgehead atoms. The van der Waals surface area contributed by atoms with Gasteiger partial charge in [-0.25, -0.2) is 0 Å². The van der Waals surface area contributed by atoms with Crippen LogP contribution in [0.15, 0.2) is 48.8 Å². The predicted molar refractivity (Wildman–Crippen MR) is 107 cm³/mol. The van der Waals surface area contributed by atoms with Crippen molar-refractivity contribution in [1.29, 1.82) is 0 Å². The van der Waals surface area contributed by atoms with Crippen molar-refractivity contribution in [2.75, 3.05) is 0 Å². The van der Waals surface area contributed by atoms with Crippen molar-refractivity contribution >= 4 is 17.6 Å². The number of carbonyl (C=O) groups is 1. The van der Waals surface area contributed by atoms with Gasteiger partial charge in [0, 0.05) is 29.4 Å². The Morgan fingerprint density at radius 3 is 2.63 bits per heavy atom. The number of nitrogens with two attached hydrogens (primary N) is 1. The normalized spacial score (nSPS) is 28.3. The van der Waals surface area contributed by atoms with E-state index >= 15 is 0 Å². The zero-order valence-electron chi connectivity index (χ0n) is 15.8. The maximum atomic E-state index is 12.1. The maximum absolute atomic E-state index is 12.1. The lowest BCUT2D eigenvalue weighted by atomic mass is 9.69. The second-order valence-corrected chi connectivity index (χ2v) is 8.94. The van der Waals surface area contributed by atoms with Gasteiger partial charge in [-0.2, -0.15) is 0 Å². The molecule has 27 heavy (non-hydrogen) atoms. The first-order chi connectivity index (χ1) is 12.6. The number of nitrogens with zero attached hydrogens (tertiary/aromatic N) is 1. The number of hydrogen-bond donors (Lipinski definition) is 3. The highest BCUT2D eigenvalue weighted by molar-refractivity contribution is 6.30. The maximum Gasteiger partial charge on any atom is 0.321 e. The molecule has 0 saturated carbocycles. The number of carboxylic acids is 1. The lowest BCUT2D eigenvalue weighted by Gasteiger charge is -2.39. The lowest BCUT2D eigenvalue weighted by Crippen LogP contribution is -2.51. The van der Waals surface area contributed by atoms with E-state index in [1.54, 1.807) is 24.5 Å². The summed E-state index contributed by atoms with van der Waals surface area (Å²) in [4.78, 5) is 16.4. The van der Waals surface area contributed by atoms with E-state index in [9.17, 15) is 9.90 Å². The molecular weight excluding hydrogens is 362 g/mol. The Labute approximate surface area is 165 Å². The van der Waals surface area contributed by atoms with Crippen molar-refractivity contribution in [2.24, 2.45) is 11.1 Å². The van der Waals surface area contributed by atoms with E-state index in [0.29, 0.717) is 5.02 Å². The van der Waals surface area contributed by atoms with Crippen molar-refractivity contribution in [1.82, 2.24) is 10.3 Å². The third kappa shape index (κ3) is 3.86. The van der Waals surface area contributed by atoms with E-state index in [1.165, 1.54) is 0 Å². The van der Waals surface area contributed by atoms with Crippen LogP contribution in [-0.4, -0.2) is 28.1 Å². The Morgan fingerprint density at radius 2 is 2.07 bits per heavy atom. The molecule has 6 heteroatoms. The summed E-state index contributed by atoms with van der Waals surface area (Å²) in [6.07, 6.45) is 4.15. The van der Waals surface area contributed by atoms with Gasteiger partial charge >= 0.3 is 5.97 Å². The van der Waals surface area contributed by atoms with Gasteiger partial charge in [-0.15, -0.1) is 0 Å². The molecule has 2 aromatic rings. The Kier molecular flexibility index (Phi) is 5.30. The lowest BCUT2D eigenvalue weighted by molar-refractivity contribution is -0.139. The molecule has 1 fully saturated rings. The first-order valence-electron chi connectivity index (χ1n) is 9.06. The third-order valence-corrected chi connectivity index (χ3v) is 5.49. The number of rotatable bonds is 4. The Balaban J connectivity index is 2.19. The number of hydrogen-bond acceptors (Lipinski definition) is 4. The van der Waals surface area contributed by atoms with Gasteiger partial charge in [0.05, 0.1) is 5.54 Å². The highest BCUT2D eigenvalue weighted by atomic mass is 35.5. The monoisotopic (exact) mass is 387 g/mol. The number of pyridine rings is 1. The minimum atomic E-state index is -0.935. The van der Waals surface area contributed by atoms with E-state index < -0.39 is 23.5 Å². The molecule has 1 aliphatic rings. The number of carboxylic acid groups (broad SMARTS) is 1. The molecule has 4 atom stereocenters.